The maximum absolute atomic E-state index is 12.5. The fourth-order valence-corrected chi connectivity index (χ4v) is 4.85. The number of carboxylic acid groups (broad SMARTS) is 1. The fraction of sp³-hybridized carbons (Fsp3) is 0.294. The summed E-state index contributed by atoms with van der Waals surface area (Å²) in [5.74, 6) is 0.437. The predicted molar refractivity (Wildman–Crippen MR) is 94.6 cm³/mol. The van der Waals surface area contributed by atoms with Gasteiger partial charge in [0, 0.05) is 11.4 Å². The number of nitrogens with one attached hydrogen (secondary N) is 1. The van der Waals surface area contributed by atoms with Crippen LogP contribution in [-0.4, -0.2) is 29.3 Å². The highest BCUT2D eigenvalue weighted by molar-refractivity contribution is 8.00. The first kappa shape index (κ1) is 16.9. The summed E-state index contributed by atoms with van der Waals surface area (Å²) in [6.07, 6.45) is 1.03. The van der Waals surface area contributed by atoms with Gasteiger partial charge in [-0.05, 0) is 46.9 Å². The number of carbonyl (C=O) groups excluding carboxylic acids is 1. The second kappa shape index (κ2) is 7.72. The standard InChI is InChI=1S/C17H17NO4S2/c19-15(20)10-22-12-3-1-2-11(8-12)9-18-17(21)16-13-4-6-23-14(13)5-7-24-16/h1-4,6,8,16H,5,7,9-10H2,(H,18,21)(H,19,20). The molecule has 0 saturated carbocycles. The Morgan fingerprint density at radius 3 is 3.04 bits per heavy atom. The number of amides is 1. The Hall–Kier alpha value is -1.99. The maximum Gasteiger partial charge on any atom is 0.341 e. The van der Waals surface area contributed by atoms with Crippen LogP contribution in [-0.2, 0) is 22.6 Å². The molecular weight excluding hydrogens is 346 g/mol. The molecular formula is C17H17NO4S2. The van der Waals surface area contributed by atoms with Crippen molar-refractivity contribution in [3.63, 3.8) is 0 Å². The van der Waals surface area contributed by atoms with Crippen LogP contribution in [0.3, 0.4) is 0 Å². The van der Waals surface area contributed by atoms with Crippen molar-refractivity contribution in [1.82, 2.24) is 5.32 Å². The molecule has 2 aromatic rings. The van der Waals surface area contributed by atoms with Gasteiger partial charge in [0.05, 0.1) is 0 Å². The van der Waals surface area contributed by atoms with E-state index in [1.807, 2.05) is 17.5 Å². The molecule has 1 aromatic carbocycles. The number of benzene rings is 1. The zero-order chi connectivity index (χ0) is 16.9. The Bertz CT molecular complexity index is 744. The minimum Gasteiger partial charge on any atom is -0.482 e. The first-order valence-corrected chi connectivity index (χ1v) is 9.45. The molecule has 1 aliphatic heterocycles. The molecule has 0 spiro atoms. The van der Waals surface area contributed by atoms with E-state index in [9.17, 15) is 9.59 Å². The molecule has 1 aromatic heterocycles. The molecule has 1 aliphatic rings. The van der Waals surface area contributed by atoms with Crippen LogP contribution in [0.1, 0.15) is 21.3 Å². The lowest BCUT2D eigenvalue weighted by Crippen LogP contribution is -2.29. The monoisotopic (exact) mass is 363 g/mol. The van der Waals surface area contributed by atoms with Crippen LogP contribution in [0, 0.1) is 0 Å². The van der Waals surface area contributed by atoms with Crippen molar-refractivity contribution in [2.45, 2.75) is 18.2 Å². The summed E-state index contributed by atoms with van der Waals surface area (Å²) in [6.45, 7) is 0.00902. The Balaban J connectivity index is 1.59. The van der Waals surface area contributed by atoms with Crippen molar-refractivity contribution in [1.29, 1.82) is 0 Å². The third kappa shape index (κ3) is 4.10. The number of hydrogen-bond donors (Lipinski definition) is 2. The number of thioether (sulfide) groups is 1. The predicted octanol–water partition coefficient (Wildman–Crippen LogP) is 2.86. The summed E-state index contributed by atoms with van der Waals surface area (Å²) in [5.41, 5.74) is 2.00. The maximum atomic E-state index is 12.5. The van der Waals surface area contributed by atoms with E-state index < -0.39 is 5.97 Å². The lowest BCUT2D eigenvalue weighted by Gasteiger charge is -2.21. The molecule has 2 heterocycles. The second-order valence-electron chi connectivity index (χ2n) is 5.35. The Morgan fingerprint density at radius 2 is 2.21 bits per heavy atom. The van der Waals surface area contributed by atoms with Crippen molar-refractivity contribution < 1.29 is 19.4 Å². The number of rotatable bonds is 6. The molecule has 1 amide bonds. The smallest absolute Gasteiger partial charge is 0.341 e. The van der Waals surface area contributed by atoms with Gasteiger partial charge < -0.3 is 15.2 Å². The molecule has 0 saturated heterocycles. The summed E-state index contributed by atoms with van der Waals surface area (Å²) in [7, 11) is 0. The second-order valence-corrected chi connectivity index (χ2v) is 7.56. The molecule has 5 nitrogen and oxygen atoms in total. The van der Waals surface area contributed by atoms with Crippen LogP contribution in [0.15, 0.2) is 35.7 Å². The third-order valence-corrected chi connectivity index (χ3v) is 5.88. The van der Waals surface area contributed by atoms with Crippen molar-refractivity contribution >= 4 is 35.0 Å². The van der Waals surface area contributed by atoms with Gasteiger partial charge in [-0.15, -0.1) is 23.1 Å². The van der Waals surface area contributed by atoms with Crippen LogP contribution in [0.2, 0.25) is 0 Å². The Labute approximate surface area is 148 Å². The van der Waals surface area contributed by atoms with Crippen LogP contribution < -0.4 is 10.1 Å². The van der Waals surface area contributed by atoms with Crippen LogP contribution in [0.25, 0.3) is 0 Å². The Kier molecular flexibility index (Phi) is 5.42. The van der Waals surface area contributed by atoms with Gasteiger partial charge in [0.1, 0.15) is 11.0 Å². The molecule has 126 valence electrons. The molecule has 3 rings (SSSR count). The number of hydrogen-bond acceptors (Lipinski definition) is 5. The van der Waals surface area contributed by atoms with E-state index in [4.69, 9.17) is 9.84 Å². The van der Waals surface area contributed by atoms with Gasteiger partial charge in [-0.2, -0.15) is 0 Å². The van der Waals surface area contributed by atoms with Crippen LogP contribution in [0.5, 0.6) is 5.75 Å². The molecule has 0 aliphatic carbocycles. The molecule has 0 fully saturated rings. The van der Waals surface area contributed by atoms with E-state index in [0.29, 0.717) is 12.3 Å². The summed E-state index contributed by atoms with van der Waals surface area (Å²) < 4.78 is 5.15. The van der Waals surface area contributed by atoms with Crippen LogP contribution in [0.4, 0.5) is 0 Å². The van der Waals surface area contributed by atoms with Crippen molar-refractivity contribution in [2.24, 2.45) is 0 Å². The first-order chi connectivity index (χ1) is 11.6. The highest BCUT2D eigenvalue weighted by Gasteiger charge is 2.27. The number of aliphatic carboxylic acids is 1. The van der Waals surface area contributed by atoms with Crippen molar-refractivity contribution in [3.05, 3.63) is 51.7 Å². The molecule has 2 N–H and O–H groups in total. The molecule has 24 heavy (non-hydrogen) atoms. The number of fused-ring (bicyclic) bond motifs is 1. The van der Waals surface area contributed by atoms with Gasteiger partial charge in [-0.3, -0.25) is 4.79 Å². The minimum absolute atomic E-state index is 0.0104. The van der Waals surface area contributed by atoms with Gasteiger partial charge in [-0.1, -0.05) is 12.1 Å². The highest BCUT2D eigenvalue weighted by atomic mass is 32.2. The number of thiophene rings is 1. The number of ether oxygens (including phenoxy) is 1. The fourth-order valence-electron chi connectivity index (χ4n) is 2.54. The van der Waals surface area contributed by atoms with Crippen LogP contribution >= 0.6 is 23.1 Å². The lowest BCUT2D eigenvalue weighted by molar-refractivity contribution is -0.139. The average Bonchev–Trinajstić information content (AvgIpc) is 3.07. The lowest BCUT2D eigenvalue weighted by atomic mass is 10.1. The zero-order valence-corrected chi connectivity index (χ0v) is 14.5. The topological polar surface area (TPSA) is 75.6 Å². The molecule has 0 bridgehead atoms. The van der Waals surface area contributed by atoms with E-state index in [1.54, 1.807) is 41.3 Å². The zero-order valence-electron chi connectivity index (χ0n) is 12.9. The van der Waals surface area contributed by atoms with Gasteiger partial charge >= 0.3 is 5.97 Å². The summed E-state index contributed by atoms with van der Waals surface area (Å²) >= 11 is 3.39. The van der Waals surface area contributed by atoms with E-state index in [1.165, 1.54) is 4.88 Å². The van der Waals surface area contributed by atoms with Gasteiger partial charge in [-0.25, -0.2) is 4.79 Å². The van der Waals surface area contributed by atoms with Crippen molar-refractivity contribution in [3.8, 4) is 5.75 Å². The molecule has 0 radical (unpaired) electrons. The summed E-state index contributed by atoms with van der Waals surface area (Å²) in [5, 5.41) is 13.5. The van der Waals surface area contributed by atoms with Crippen molar-refractivity contribution in [2.75, 3.05) is 12.4 Å². The molecule has 1 atom stereocenters. The van der Waals surface area contributed by atoms with E-state index >= 15 is 0 Å². The van der Waals surface area contributed by atoms with Gasteiger partial charge in [0.25, 0.3) is 0 Å². The Morgan fingerprint density at radius 1 is 1.33 bits per heavy atom. The van der Waals surface area contributed by atoms with E-state index in [0.717, 1.165) is 23.3 Å². The number of carbonyl (C=O) groups is 2. The molecule has 1 unspecified atom stereocenters. The quantitative estimate of drug-likeness (QED) is 0.825. The average molecular weight is 363 g/mol. The largest absolute Gasteiger partial charge is 0.482 e. The van der Waals surface area contributed by atoms with E-state index in [2.05, 4.69) is 5.32 Å². The minimum atomic E-state index is -1.02. The number of carboxylic acids is 1. The highest BCUT2D eigenvalue weighted by Crippen LogP contribution is 2.39. The SMILES string of the molecule is O=C(O)COc1cccc(CNC(=O)C2SCCc3sccc32)c1. The molecule has 7 heteroatoms. The summed E-state index contributed by atoms with van der Waals surface area (Å²) in [6, 6.07) is 9.13. The van der Waals surface area contributed by atoms with E-state index in [-0.39, 0.29) is 17.8 Å². The third-order valence-electron chi connectivity index (χ3n) is 3.64. The van der Waals surface area contributed by atoms with Gasteiger partial charge in [0.15, 0.2) is 6.61 Å². The normalized spacial score (nSPS) is 16.2. The number of aryl methyl sites for hydroxylation is 1. The summed E-state index contributed by atoms with van der Waals surface area (Å²) in [4.78, 5) is 24.3. The van der Waals surface area contributed by atoms with Gasteiger partial charge in [0.2, 0.25) is 5.91 Å². The first-order valence-electron chi connectivity index (χ1n) is 7.52.